The number of hydrogen-bond acceptors (Lipinski definition) is 7. The lowest BCUT2D eigenvalue weighted by atomic mass is 10.2. The molecule has 0 amide bonds. The first-order chi connectivity index (χ1) is 9.94. The van der Waals surface area contributed by atoms with Gasteiger partial charge in [0.1, 0.15) is 12.7 Å². The molecule has 2 heterocycles. The number of esters is 1. The highest BCUT2D eigenvalue weighted by Gasteiger charge is 2.33. The van der Waals surface area contributed by atoms with Gasteiger partial charge >= 0.3 is 5.97 Å². The van der Waals surface area contributed by atoms with Crippen LogP contribution in [0.1, 0.15) is 24.2 Å². The second-order valence-corrected chi connectivity index (χ2v) is 5.18. The summed E-state index contributed by atoms with van der Waals surface area (Å²) in [7, 11) is 0. The Hall–Kier alpha value is -2.19. The first-order valence-electron chi connectivity index (χ1n) is 6.43. The largest absolute Gasteiger partial charge is 0.459 e. The number of rotatable bonds is 3. The lowest BCUT2D eigenvalue weighted by molar-refractivity contribution is -0.782. The van der Waals surface area contributed by atoms with Crippen LogP contribution >= 0.6 is 0 Å². The van der Waals surface area contributed by atoms with Crippen LogP contribution in [0.25, 0.3) is 11.0 Å². The van der Waals surface area contributed by atoms with E-state index < -0.39 is 11.8 Å². The smallest absolute Gasteiger partial charge is 0.338 e. The number of hydrogen-bond donors (Lipinski definition) is 0. The van der Waals surface area contributed by atoms with E-state index in [9.17, 15) is 10.0 Å². The minimum atomic E-state index is -0.654. The summed E-state index contributed by atoms with van der Waals surface area (Å²) in [5, 5.41) is 14.7. The first-order valence-corrected chi connectivity index (χ1v) is 6.43. The normalized spacial score (nSPS) is 20.8. The molecule has 1 aliphatic heterocycles. The fraction of sp³-hybridized carbons (Fsp3) is 0.462. The van der Waals surface area contributed by atoms with Gasteiger partial charge in [-0.25, -0.2) is 4.79 Å². The summed E-state index contributed by atoms with van der Waals surface area (Å²) >= 11 is 0. The maximum atomic E-state index is 12.0. The molecule has 2 aromatic rings. The van der Waals surface area contributed by atoms with Gasteiger partial charge in [0, 0.05) is 11.2 Å². The van der Waals surface area contributed by atoms with Gasteiger partial charge in [-0.1, -0.05) is 0 Å². The van der Waals surface area contributed by atoms with Crippen molar-refractivity contribution >= 4 is 17.0 Å². The molecule has 1 unspecified atom stereocenters. The van der Waals surface area contributed by atoms with Crippen molar-refractivity contribution in [2.45, 2.75) is 25.7 Å². The topological polar surface area (TPSA) is 97.7 Å². The van der Waals surface area contributed by atoms with Crippen LogP contribution in [-0.4, -0.2) is 36.2 Å². The van der Waals surface area contributed by atoms with Crippen LogP contribution < -0.4 is 4.90 Å². The Kier molecular flexibility index (Phi) is 3.26. The standard InChI is InChI=1S/C13H14N2O6/c1-13(2)19-7-9(20-13)6-18-12(16)8-3-4-11-10(5-8)14-21-15(11)17/h3-5,9H,6-7H2,1-2H3. The van der Waals surface area contributed by atoms with Gasteiger partial charge in [0.15, 0.2) is 5.79 Å². The van der Waals surface area contributed by atoms with Crippen LogP contribution in [0.2, 0.25) is 0 Å². The van der Waals surface area contributed by atoms with E-state index >= 15 is 0 Å². The van der Waals surface area contributed by atoms with Crippen LogP contribution in [0.3, 0.4) is 0 Å². The van der Waals surface area contributed by atoms with Gasteiger partial charge < -0.3 is 19.4 Å². The van der Waals surface area contributed by atoms with Gasteiger partial charge in [0.05, 0.1) is 12.2 Å². The van der Waals surface area contributed by atoms with Crippen LogP contribution in [-0.2, 0) is 14.2 Å². The molecule has 1 atom stereocenters. The average Bonchev–Trinajstić information content (AvgIpc) is 2.99. The van der Waals surface area contributed by atoms with Crippen molar-refractivity contribution in [1.29, 1.82) is 0 Å². The highest BCUT2D eigenvalue weighted by molar-refractivity contribution is 5.92. The Morgan fingerprint density at radius 3 is 3.10 bits per heavy atom. The Morgan fingerprint density at radius 2 is 2.38 bits per heavy atom. The molecule has 0 aliphatic carbocycles. The molecule has 112 valence electrons. The van der Waals surface area contributed by atoms with Crippen molar-refractivity contribution < 1.29 is 28.5 Å². The van der Waals surface area contributed by atoms with Crippen molar-refractivity contribution in [1.82, 2.24) is 5.16 Å². The molecule has 1 fully saturated rings. The van der Waals surface area contributed by atoms with Crippen molar-refractivity contribution in [3.05, 3.63) is 29.0 Å². The molecule has 0 bridgehead atoms. The van der Waals surface area contributed by atoms with Gasteiger partial charge in [-0.15, -0.1) is 0 Å². The summed E-state index contributed by atoms with van der Waals surface area (Å²) in [6.07, 6.45) is -0.288. The molecule has 0 spiro atoms. The van der Waals surface area contributed by atoms with Gasteiger partial charge in [-0.3, -0.25) is 4.63 Å². The summed E-state index contributed by atoms with van der Waals surface area (Å²) in [6, 6.07) is 4.37. The molecule has 1 aromatic carbocycles. The number of aromatic nitrogens is 2. The molecular weight excluding hydrogens is 280 g/mol. The summed E-state index contributed by atoms with van der Waals surface area (Å²) < 4.78 is 20.5. The Bertz CT molecular complexity index is 680. The van der Waals surface area contributed by atoms with Gasteiger partial charge in [0.25, 0.3) is 0 Å². The molecule has 1 aromatic heterocycles. The SMILES string of the molecule is CC1(C)OCC(COC(=O)c2ccc3c(c2)no[n+]3[O-])O1. The minimum absolute atomic E-state index is 0.0979. The molecule has 0 radical (unpaired) electrons. The predicted octanol–water partition coefficient (Wildman–Crippen LogP) is 0.769. The second-order valence-electron chi connectivity index (χ2n) is 5.18. The molecule has 21 heavy (non-hydrogen) atoms. The van der Waals surface area contributed by atoms with Crippen LogP contribution in [0.15, 0.2) is 22.8 Å². The highest BCUT2D eigenvalue weighted by Crippen LogP contribution is 2.22. The number of nitrogens with zero attached hydrogens (tertiary/aromatic N) is 2. The maximum Gasteiger partial charge on any atom is 0.338 e. The first kappa shape index (κ1) is 13.8. The Morgan fingerprint density at radius 1 is 1.57 bits per heavy atom. The Balaban J connectivity index is 1.64. The number of fused-ring (bicyclic) bond motifs is 1. The van der Waals surface area contributed by atoms with Crippen LogP contribution in [0, 0.1) is 5.21 Å². The minimum Gasteiger partial charge on any atom is -0.459 e. The van der Waals surface area contributed by atoms with E-state index in [4.69, 9.17) is 14.2 Å². The molecule has 0 saturated carbocycles. The molecule has 8 nitrogen and oxygen atoms in total. The number of benzene rings is 1. The van der Waals surface area contributed by atoms with E-state index in [0.717, 1.165) is 0 Å². The molecule has 1 saturated heterocycles. The summed E-state index contributed by atoms with van der Waals surface area (Å²) in [5.74, 6) is -1.18. The molecule has 1 aliphatic rings. The zero-order valence-electron chi connectivity index (χ0n) is 11.6. The second kappa shape index (κ2) is 4.97. The fourth-order valence-electron chi connectivity index (χ4n) is 2.10. The number of carbonyl (C=O) groups is 1. The number of ether oxygens (including phenoxy) is 3. The Labute approximate surface area is 119 Å². The van der Waals surface area contributed by atoms with E-state index in [1.54, 1.807) is 13.8 Å². The monoisotopic (exact) mass is 294 g/mol. The zero-order valence-corrected chi connectivity index (χ0v) is 11.6. The fourth-order valence-corrected chi connectivity index (χ4v) is 2.10. The van der Waals surface area contributed by atoms with E-state index in [1.807, 2.05) is 0 Å². The van der Waals surface area contributed by atoms with Gasteiger partial charge in [-0.05, 0) is 30.9 Å². The van der Waals surface area contributed by atoms with E-state index in [1.165, 1.54) is 18.2 Å². The molecule has 8 heteroatoms. The third-order valence-corrected chi connectivity index (χ3v) is 3.09. The van der Waals surface area contributed by atoms with E-state index in [-0.39, 0.29) is 28.7 Å². The highest BCUT2D eigenvalue weighted by atomic mass is 16.8. The summed E-state index contributed by atoms with van der Waals surface area (Å²) in [5.41, 5.74) is 0.830. The lowest BCUT2D eigenvalue weighted by Gasteiger charge is -2.16. The van der Waals surface area contributed by atoms with Gasteiger partial charge in [0.2, 0.25) is 11.0 Å². The average molecular weight is 294 g/mol. The summed E-state index contributed by atoms with van der Waals surface area (Å²) in [4.78, 5) is 12.2. The van der Waals surface area contributed by atoms with E-state index in [0.29, 0.717) is 12.1 Å². The van der Waals surface area contributed by atoms with E-state index in [2.05, 4.69) is 9.79 Å². The molecular formula is C13H14N2O6. The molecule has 0 N–H and O–H groups in total. The van der Waals surface area contributed by atoms with Crippen molar-refractivity contribution in [3.8, 4) is 0 Å². The predicted molar refractivity (Wildman–Crippen MR) is 68.2 cm³/mol. The van der Waals surface area contributed by atoms with Crippen molar-refractivity contribution in [3.63, 3.8) is 0 Å². The summed E-state index contributed by atoms with van der Waals surface area (Å²) in [6.45, 7) is 4.07. The van der Waals surface area contributed by atoms with Crippen LogP contribution in [0.4, 0.5) is 0 Å². The van der Waals surface area contributed by atoms with Gasteiger partial charge in [-0.2, -0.15) is 0 Å². The van der Waals surface area contributed by atoms with Crippen molar-refractivity contribution in [2.75, 3.05) is 13.2 Å². The molecule has 3 rings (SSSR count). The van der Waals surface area contributed by atoms with Crippen LogP contribution in [0.5, 0.6) is 0 Å². The third-order valence-electron chi connectivity index (χ3n) is 3.09. The lowest BCUT2D eigenvalue weighted by Crippen LogP contribution is -2.25. The number of carbonyl (C=O) groups excluding carboxylic acids is 1. The van der Waals surface area contributed by atoms with Crippen molar-refractivity contribution in [2.24, 2.45) is 0 Å². The quantitative estimate of drug-likeness (QED) is 0.609. The third kappa shape index (κ3) is 2.81. The maximum absolute atomic E-state index is 12.0. The zero-order chi connectivity index (χ0) is 15.0.